The predicted octanol–water partition coefficient (Wildman–Crippen LogP) is 6.07. The van der Waals surface area contributed by atoms with Gasteiger partial charge >= 0.3 is 5.97 Å². The average Bonchev–Trinajstić information content (AvgIpc) is 2.68. The molecule has 0 spiro atoms. The third-order valence-electron chi connectivity index (χ3n) is 6.00. The first-order valence-electron chi connectivity index (χ1n) is 10.2. The smallest absolute Gasteiger partial charge is 0.341 e. The van der Waals surface area contributed by atoms with Crippen LogP contribution in [0.1, 0.15) is 79.3 Å². The van der Waals surface area contributed by atoms with Crippen molar-refractivity contribution >= 4 is 33.5 Å². The van der Waals surface area contributed by atoms with Gasteiger partial charge in [0.05, 0.1) is 22.3 Å². The summed E-state index contributed by atoms with van der Waals surface area (Å²) in [6.07, 6.45) is 1.95. The first kappa shape index (κ1) is 23.3. The molecule has 0 atom stereocenters. The summed E-state index contributed by atoms with van der Waals surface area (Å²) < 4.78 is 19.7. The molecular weight excluding hydrogens is 465 g/mol. The number of phenols is 1. The van der Waals surface area contributed by atoms with Crippen LogP contribution in [0.4, 0.5) is 10.1 Å². The minimum atomic E-state index is -0.843. The molecule has 1 aliphatic rings. The Morgan fingerprint density at radius 1 is 1.16 bits per heavy atom. The Morgan fingerprint density at radius 3 is 2.42 bits per heavy atom. The first-order valence-corrected chi connectivity index (χ1v) is 11.0. The van der Waals surface area contributed by atoms with E-state index in [0.29, 0.717) is 4.47 Å². The number of ether oxygens (including phenoxy) is 1. The Morgan fingerprint density at radius 2 is 1.81 bits per heavy atom. The van der Waals surface area contributed by atoms with Crippen molar-refractivity contribution in [2.24, 2.45) is 0 Å². The summed E-state index contributed by atoms with van der Waals surface area (Å²) in [5.41, 5.74) is 1.86. The van der Waals surface area contributed by atoms with Crippen molar-refractivity contribution < 1.29 is 23.8 Å². The topological polar surface area (TPSA) is 75.6 Å². The van der Waals surface area contributed by atoms with E-state index in [1.807, 2.05) is 0 Å². The molecule has 0 saturated carbocycles. The first-order chi connectivity index (χ1) is 14.4. The number of amides is 1. The number of halogens is 2. The lowest BCUT2D eigenvalue weighted by Gasteiger charge is -2.42. The summed E-state index contributed by atoms with van der Waals surface area (Å²) in [5, 5.41) is 13.5. The zero-order valence-corrected chi connectivity index (χ0v) is 19.9. The fraction of sp³-hybridized carbons (Fsp3) is 0.417. The van der Waals surface area contributed by atoms with Gasteiger partial charge in [0, 0.05) is 5.56 Å². The summed E-state index contributed by atoms with van der Waals surface area (Å²) in [4.78, 5) is 24.5. The molecule has 0 aromatic heterocycles. The molecule has 0 fully saturated rings. The number of rotatable bonds is 4. The van der Waals surface area contributed by atoms with Crippen molar-refractivity contribution in [1.29, 1.82) is 0 Å². The molecule has 5 nitrogen and oxygen atoms in total. The second-order valence-electron chi connectivity index (χ2n) is 9.15. The van der Waals surface area contributed by atoms with Crippen molar-refractivity contribution in [3.05, 3.63) is 56.8 Å². The van der Waals surface area contributed by atoms with Gasteiger partial charge in [-0.2, -0.15) is 0 Å². The number of aromatic hydroxyl groups is 1. The fourth-order valence-electron chi connectivity index (χ4n) is 4.04. The molecule has 1 amide bonds. The lowest BCUT2D eigenvalue weighted by Crippen LogP contribution is -2.34. The molecule has 0 unspecified atom stereocenters. The van der Waals surface area contributed by atoms with Crippen LogP contribution < -0.4 is 5.32 Å². The molecule has 3 rings (SSSR count). The molecule has 0 saturated heterocycles. The molecule has 0 radical (unpaired) electrons. The Balaban J connectivity index is 1.97. The summed E-state index contributed by atoms with van der Waals surface area (Å²) in [5.74, 6) is -2.29. The van der Waals surface area contributed by atoms with Crippen molar-refractivity contribution in [3.63, 3.8) is 0 Å². The van der Waals surface area contributed by atoms with Crippen LogP contribution in [0.25, 0.3) is 0 Å². The quantitative estimate of drug-likeness (QED) is 0.401. The summed E-state index contributed by atoms with van der Waals surface area (Å²) in [6.45, 7) is 10.3. The van der Waals surface area contributed by atoms with E-state index in [-0.39, 0.29) is 40.0 Å². The van der Waals surface area contributed by atoms with Gasteiger partial charge in [0.15, 0.2) is 5.75 Å². The molecule has 166 valence electrons. The number of benzene rings is 2. The molecule has 0 bridgehead atoms. The van der Waals surface area contributed by atoms with E-state index < -0.39 is 17.7 Å². The zero-order chi connectivity index (χ0) is 23.1. The van der Waals surface area contributed by atoms with Gasteiger partial charge in [0.2, 0.25) is 0 Å². The van der Waals surface area contributed by atoms with Gasteiger partial charge in [0.1, 0.15) is 5.82 Å². The summed E-state index contributed by atoms with van der Waals surface area (Å²) in [7, 11) is 0. The van der Waals surface area contributed by atoms with Gasteiger partial charge in [-0.3, -0.25) is 4.79 Å². The maximum absolute atomic E-state index is 14.3. The Kier molecular flexibility index (Phi) is 6.20. The lowest BCUT2D eigenvalue weighted by atomic mass is 9.63. The number of nitrogens with one attached hydrogen (secondary N) is 1. The molecule has 31 heavy (non-hydrogen) atoms. The molecular formula is C24H27BrFNO4. The van der Waals surface area contributed by atoms with Crippen molar-refractivity contribution in [2.75, 3.05) is 11.9 Å². The van der Waals surface area contributed by atoms with Crippen molar-refractivity contribution in [3.8, 4) is 5.75 Å². The number of hydrogen-bond acceptors (Lipinski definition) is 4. The van der Waals surface area contributed by atoms with Crippen molar-refractivity contribution in [1.82, 2.24) is 0 Å². The summed E-state index contributed by atoms with van der Waals surface area (Å²) in [6, 6.07) is 5.36. The van der Waals surface area contributed by atoms with Gasteiger partial charge in [-0.15, -0.1) is 0 Å². The third-order valence-corrected chi connectivity index (χ3v) is 6.77. The third kappa shape index (κ3) is 4.33. The highest BCUT2D eigenvalue weighted by molar-refractivity contribution is 9.10. The van der Waals surface area contributed by atoms with E-state index in [0.717, 1.165) is 30.0 Å². The van der Waals surface area contributed by atoms with Gasteiger partial charge < -0.3 is 15.2 Å². The largest absolute Gasteiger partial charge is 0.505 e. The Labute approximate surface area is 190 Å². The number of carbonyl (C=O) groups excluding carboxylic acids is 2. The van der Waals surface area contributed by atoms with Crippen LogP contribution in [0.3, 0.4) is 0 Å². The van der Waals surface area contributed by atoms with E-state index in [1.165, 1.54) is 12.1 Å². The van der Waals surface area contributed by atoms with Crippen molar-refractivity contribution in [2.45, 2.75) is 58.3 Å². The molecule has 1 aliphatic carbocycles. The molecule has 0 heterocycles. The number of phenolic OH excluding ortho intramolecular Hbond substituents is 1. The predicted molar refractivity (Wildman–Crippen MR) is 121 cm³/mol. The monoisotopic (exact) mass is 491 g/mol. The van der Waals surface area contributed by atoms with Crippen LogP contribution in [0, 0.1) is 5.82 Å². The normalized spacial score (nSPS) is 16.4. The Hall–Kier alpha value is -2.41. The van der Waals surface area contributed by atoms with E-state index >= 15 is 0 Å². The highest BCUT2D eigenvalue weighted by Crippen LogP contribution is 2.52. The second kappa shape index (κ2) is 8.26. The van der Waals surface area contributed by atoms with Crippen LogP contribution in [-0.4, -0.2) is 23.6 Å². The molecule has 7 heteroatoms. The van der Waals surface area contributed by atoms with Crippen LogP contribution in [0.2, 0.25) is 0 Å². The maximum Gasteiger partial charge on any atom is 0.341 e. The van der Waals surface area contributed by atoms with Gasteiger partial charge in [-0.25, -0.2) is 9.18 Å². The number of hydrogen-bond donors (Lipinski definition) is 2. The van der Waals surface area contributed by atoms with Gasteiger partial charge in [-0.1, -0.05) is 27.7 Å². The van der Waals surface area contributed by atoms with E-state index in [9.17, 15) is 19.1 Å². The van der Waals surface area contributed by atoms with Gasteiger partial charge in [0.25, 0.3) is 5.91 Å². The van der Waals surface area contributed by atoms with Gasteiger partial charge in [-0.05, 0) is 81.9 Å². The molecule has 2 aromatic carbocycles. The molecule has 0 aliphatic heterocycles. The van der Waals surface area contributed by atoms with Crippen LogP contribution in [-0.2, 0) is 15.6 Å². The van der Waals surface area contributed by atoms with E-state index in [2.05, 4.69) is 48.9 Å². The standard InChI is InChI=1S/C24H27BrFNO4/c1-6-31-22(30)14-8-7-13(11-16(14)26)21(29)27-17-12-15-18(19(25)20(17)28)24(4,5)10-9-23(15,2)3/h7-8,11-12,28H,6,9-10H2,1-5H3,(H,27,29). The minimum Gasteiger partial charge on any atom is -0.505 e. The minimum absolute atomic E-state index is 0.0263. The van der Waals surface area contributed by atoms with E-state index in [4.69, 9.17) is 4.74 Å². The number of carbonyl (C=O) groups is 2. The van der Waals surface area contributed by atoms with Crippen LogP contribution >= 0.6 is 15.9 Å². The number of fused-ring (bicyclic) bond motifs is 1. The zero-order valence-electron chi connectivity index (χ0n) is 18.4. The summed E-state index contributed by atoms with van der Waals surface area (Å²) >= 11 is 3.53. The van der Waals surface area contributed by atoms with Crippen LogP contribution in [0.15, 0.2) is 28.7 Å². The Bertz CT molecular complexity index is 1060. The molecule has 2 aromatic rings. The highest BCUT2D eigenvalue weighted by atomic mass is 79.9. The molecule has 2 N–H and O–H groups in total. The maximum atomic E-state index is 14.3. The SMILES string of the molecule is CCOC(=O)c1ccc(C(=O)Nc2cc3c(c(Br)c2O)C(C)(C)CCC3(C)C)cc1F. The van der Waals surface area contributed by atoms with Crippen LogP contribution in [0.5, 0.6) is 5.75 Å². The second-order valence-corrected chi connectivity index (χ2v) is 9.94. The van der Waals surface area contributed by atoms with E-state index in [1.54, 1.807) is 13.0 Å². The highest BCUT2D eigenvalue weighted by Gasteiger charge is 2.40. The average molecular weight is 492 g/mol. The number of anilines is 1. The number of esters is 1. The lowest BCUT2D eigenvalue weighted by molar-refractivity contribution is 0.0520. The fourth-order valence-corrected chi connectivity index (χ4v) is 5.00.